The maximum absolute atomic E-state index is 6.17. The number of guanidine groups is 1. The average molecular weight is 338 g/mol. The van der Waals surface area contributed by atoms with E-state index in [1.54, 1.807) is 0 Å². The molecule has 0 radical (unpaired) electrons. The van der Waals surface area contributed by atoms with Gasteiger partial charge in [0.25, 0.3) is 0 Å². The largest absolute Gasteiger partial charge is 0.493 e. The zero-order valence-electron chi connectivity index (χ0n) is 14.9. The first-order valence-corrected chi connectivity index (χ1v) is 8.64. The Morgan fingerprint density at radius 3 is 2.68 bits per heavy atom. The van der Waals surface area contributed by atoms with E-state index in [4.69, 9.17) is 10.5 Å². The first-order chi connectivity index (χ1) is 12.1. The van der Waals surface area contributed by atoms with Crippen molar-refractivity contribution < 1.29 is 4.74 Å². The van der Waals surface area contributed by atoms with E-state index in [9.17, 15) is 0 Å². The molecular weight excluding hydrogens is 312 g/mol. The fraction of sp³-hybridized carbons (Fsp3) is 0.350. The van der Waals surface area contributed by atoms with E-state index in [1.165, 1.54) is 5.56 Å². The summed E-state index contributed by atoms with van der Waals surface area (Å²) < 4.78 is 5.70. The number of nitrogens with one attached hydrogen (secondary N) is 1. The van der Waals surface area contributed by atoms with Gasteiger partial charge in [-0.05, 0) is 25.7 Å². The van der Waals surface area contributed by atoms with Crippen molar-refractivity contribution in [2.75, 3.05) is 27.2 Å². The molecule has 0 spiro atoms. The molecule has 0 aliphatic carbocycles. The van der Waals surface area contributed by atoms with E-state index in [-0.39, 0.29) is 12.1 Å². The molecule has 132 valence electrons. The first kappa shape index (κ1) is 17.3. The number of ether oxygens (including phenoxy) is 1. The number of nitrogens with zero attached hydrogens (tertiary/aromatic N) is 2. The van der Waals surface area contributed by atoms with Crippen LogP contribution in [0.15, 0.2) is 59.6 Å². The summed E-state index contributed by atoms with van der Waals surface area (Å²) in [7, 11) is 4.12. The molecule has 2 unspecified atom stereocenters. The van der Waals surface area contributed by atoms with E-state index in [0.717, 1.165) is 17.7 Å². The Morgan fingerprint density at radius 1 is 1.20 bits per heavy atom. The van der Waals surface area contributed by atoms with Gasteiger partial charge in [-0.3, -0.25) is 4.99 Å². The van der Waals surface area contributed by atoms with Crippen LogP contribution in [0.4, 0.5) is 0 Å². The van der Waals surface area contributed by atoms with E-state index >= 15 is 0 Å². The number of benzene rings is 2. The molecule has 0 saturated carbocycles. The highest BCUT2D eigenvalue weighted by Crippen LogP contribution is 2.31. The van der Waals surface area contributed by atoms with Crippen LogP contribution in [-0.2, 0) is 0 Å². The van der Waals surface area contributed by atoms with Crippen molar-refractivity contribution >= 4 is 5.96 Å². The smallest absolute Gasteiger partial charge is 0.189 e. The average Bonchev–Trinajstić information content (AvgIpc) is 2.63. The van der Waals surface area contributed by atoms with Gasteiger partial charge in [-0.15, -0.1) is 0 Å². The van der Waals surface area contributed by atoms with Crippen LogP contribution >= 0.6 is 0 Å². The Bertz CT molecular complexity index is 715. The number of hydrogen-bond donors (Lipinski definition) is 2. The van der Waals surface area contributed by atoms with Crippen LogP contribution in [0.2, 0.25) is 0 Å². The number of para-hydroxylation sites is 1. The van der Waals surface area contributed by atoms with E-state index in [2.05, 4.69) is 59.6 Å². The van der Waals surface area contributed by atoms with Gasteiger partial charge in [0.1, 0.15) is 5.75 Å². The molecule has 5 heteroatoms. The van der Waals surface area contributed by atoms with Crippen molar-refractivity contribution in [1.29, 1.82) is 0 Å². The Balaban J connectivity index is 1.68. The molecule has 2 atom stereocenters. The lowest BCUT2D eigenvalue weighted by Gasteiger charge is -2.27. The lowest BCUT2D eigenvalue weighted by atomic mass is 10.0. The molecule has 2 aromatic rings. The third-order valence-corrected chi connectivity index (χ3v) is 4.52. The monoisotopic (exact) mass is 338 g/mol. The number of aliphatic imine (C=N–C) groups is 1. The Hall–Kier alpha value is -2.53. The molecular formula is C20H26N4O. The highest BCUT2D eigenvalue weighted by atomic mass is 16.5. The molecule has 2 aromatic carbocycles. The summed E-state index contributed by atoms with van der Waals surface area (Å²) in [6, 6.07) is 18.8. The summed E-state index contributed by atoms with van der Waals surface area (Å²) in [6.07, 6.45) is 0.878. The lowest BCUT2D eigenvalue weighted by molar-refractivity contribution is 0.262. The topological polar surface area (TPSA) is 62.9 Å². The van der Waals surface area contributed by atoms with Crippen molar-refractivity contribution in [2.24, 2.45) is 10.7 Å². The van der Waals surface area contributed by atoms with Crippen molar-refractivity contribution in [3.8, 4) is 5.75 Å². The minimum atomic E-state index is 0.142. The number of hydrogen-bond acceptors (Lipinski definition) is 3. The summed E-state index contributed by atoms with van der Waals surface area (Å²) in [5.74, 6) is 1.40. The molecule has 0 bridgehead atoms. The lowest BCUT2D eigenvalue weighted by Crippen LogP contribution is -2.38. The molecule has 1 aliphatic rings. The minimum Gasteiger partial charge on any atom is -0.493 e. The van der Waals surface area contributed by atoms with Crippen LogP contribution in [0.25, 0.3) is 0 Å². The second-order valence-corrected chi connectivity index (χ2v) is 6.49. The first-order valence-electron chi connectivity index (χ1n) is 8.64. The number of nitrogens with two attached hydrogens (primary N) is 1. The summed E-state index contributed by atoms with van der Waals surface area (Å²) in [5, 5.41) is 3.35. The SMILES string of the molecule is CN(C)C(CN=C(N)NC1CCOc2ccccc21)c1ccccc1. The quantitative estimate of drug-likeness (QED) is 0.650. The van der Waals surface area contributed by atoms with Gasteiger partial charge in [-0.2, -0.15) is 0 Å². The maximum atomic E-state index is 6.17. The van der Waals surface area contributed by atoms with Crippen LogP contribution in [-0.4, -0.2) is 38.1 Å². The Morgan fingerprint density at radius 2 is 1.92 bits per heavy atom. The Labute approximate surface area is 149 Å². The molecule has 3 N–H and O–H groups in total. The molecule has 0 amide bonds. The van der Waals surface area contributed by atoms with Gasteiger partial charge in [-0.25, -0.2) is 0 Å². The van der Waals surface area contributed by atoms with Crippen LogP contribution in [0.3, 0.4) is 0 Å². The fourth-order valence-corrected chi connectivity index (χ4v) is 3.14. The number of fused-ring (bicyclic) bond motifs is 1. The van der Waals surface area contributed by atoms with Crippen molar-refractivity contribution in [3.05, 3.63) is 65.7 Å². The molecule has 0 saturated heterocycles. The fourth-order valence-electron chi connectivity index (χ4n) is 3.14. The van der Waals surface area contributed by atoms with Gasteiger partial charge in [0.05, 0.1) is 25.2 Å². The number of likely N-dealkylation sites (N-methyl/N-ethyl adjacent to an activating group) is 1. The summed E-state index contributed by atoms with van der Waals surface area (Å²) >= 11 is 0. The maximum Gasteiger partial charge on any atom is 0.189 e. The zero-order valence-corrected chi connectivity index (χ0v) is 14.9. The van der Waals surface area contributed by atoms with Gasteiger partial charge in [-0.1, -0.05) is 48.5 Å². The summed E-state index contributed by atoms with van der Waals surface area (Å²) in [6.45, 7) is 1.30. The molecule has 0 aromatic heterocycles. The third-order valence-electron chi connectivity index (χ3n) is 4.52. The van der Waals surface area contributed by atoms with Gasteiger partial charge >= 0.3 is 0 Å². The summed E-state index contributed by atoms with van der Waals surface area (Å²) in [4.78, 5) is 6.75. The second-order valence-electron chi connectivity index (χ2n) is 6.49. The predicted octanol–water partition coefficient (Wildman–Crippen LogP) is 2.72. The highest BCUT2D eigenvalue weighted by molar-refractivity contribution is 5.78. The molecule has 0 fully saturated rings. The van der Waals surface area contributed by atoms with Crippen LogP contribution in [0.5, 0.6) is 5.75 Å². The predicted molar refractivity (Wildman–Crippen MR) is 102 cm³/mol. The van der Waals surface area contributed by atoms with Gasteiger partial charge < -0.3 is 20.7 Å². The van der Waals surface area contributed by atoms with Crippen LogP contribution in [0.1, 0.15) is 29.6 Å². The normalized spacial score (nSPS) is 18.4. The van der Waals surface area contributed by atoms with Gasteiger partial charge in [0.2, 0.25) is 0 Å². The molecule has 3 rings (SSSR count). The highest BCUT2D eigenvalue weighted by Gasteiger charge is 2.21. The second kappa shape index (κ2) is 8.03. The van der Waals surface area contributed by atoms with Crippen molar-refractivity contribution in [1.82, 2.24) is 10.2 Å². The van der Waals surface area contributed by atoms with Crippen LogP contribution in [0, 0.1) is 0 Å². The van der Waals surface area contributed by atoms with E-state index in [0.29, 0.717) is 19.1 Å². The zero-order chi connectivity index (χ0) is 17.6. The molecule has 5 nitrogen and oxygen atoms in total. The number of rotatable bonds is 5. The van der Waals surface area contributed by atoms with Crippen molar-refractivity contribution in [2.45, 2.75) is 18.5 Å². The third kappa shape index (κ3) is 4.31. The van der Waals surface area contributed by atoms with Crippen LogP contribution < -0.4 is 15.8 Å². The molecule has 1 heterocycles. The van der Waals surface area contributed by atoms with Crippen molar-refractivity contribution in [3.63, 3.8) is 0 Å². The molecule has 1 aliphatic heterocycles. The van der Waals surface area contributed by atoms with E-state index in [1.807, 2.05) is 24.3 Å². The van der Waals surface area contributed by atoms with Gasteiger partial charge in [0, 0.05) is 12.0 Å². The Kier molecular flexibility index (Phi) is 5.56. The van der Waals surface area contributed by atoms with E-state index < -0.39 is 0 Å². The standard InChI is InChI=1S/C20H26N4O/c1-24(2)18(15-8-4-3-5-9-15)14-22-20(21)23-17-12-13-25-19-11-7-6-10-16(17)19/h3-11,17-18H,12-14H2,1-2H3,(H3,21,22,23). The summed E-state index contributed by atoms with van der Waals surface area (Å²) in [5.41, 5.74) is 8.54. The van der Waals surface area contributed by atoms with Gasteiger partial charge in [0.15, 0.2) is 5.96 Å². The molecule has 25 heavy (non-hydrogen) atoms. The minimum absolute atomic E-state index is 0.142.